The Labute approximate surface area is 158 Å². The number of nitrogens with zero attached hydrogens (tertiary/aromatic N) is 4. The Kier molecular flexibility index (Phi) is 9.15. The second kappa shape index (κ2) is 10.6. The van der Waals surface area contributed by atoms with Crippen LogP contribution in [-0.2, 0) is 20.0 Å². The minimum absolute atomic E-state index is 0. The van der Waals surface area contributed by atoms with Crippen LogP contribution in [0, 0.1) is 6.92 Å². The van der Waals surface area contributed by atoms with Crippen LogP contribution in [0.1, 0.15) is 29.2 Å². The Morgan fingerprint density at radius 1 is 1.35 bits per heavy atom. The van der Waals surface area contributed by atoms with Crippen LogP contribution in [0.25, 0.3) is 0 Å². The van der Waals surface area contributed by atoms with Gasteiger partial charge in [-0.05, 0) is 32.3 Å². The van der Waals surface area contributed by atoms with Crippen LogP contribution in [0.3, 0.4) is 0 Å². The lowest BCUT2D eigenvalue weighted by molar-refractivity contribution is 0.669. The second-order valence-corrected chi connectivity index (χ2v) is 6.08. The lowest BCUT2D eigenvalue weighted by Crippen LogP contribution is -2.37. The van der Waals surface area contributed by atoms with Crippen molar-refractivity contribution in [3.8, 4) is 0 Å². The van der Waals surface area contributed by atoms with Gasteiger partial charge in [0.05, 0.1) is 17.2 Å². The maximum atomic E-state index is 4.48. The van der Waals surface area contributed by atoms with Crippen molar-refractivity contribution in [3.63, 3.8) is 0 Å². The predicted molar refractivity (Wildman–Crippen MR) is 107 cm³/mol. The molecular formula is C15H25IN6S. The fourth-order valence-corrected chi connectivity index (χ4v) is 2.91. The maximum absolute atomic E-state index is 4.48. The van der Waals surface area contributed by atoms with Gasteiger partial charge in [-0.2, -0.15) is 5.10 Å². The summed E-state index contributed by atoms with van der Waals surface area (Å²) in [5.74, 6) is 0.825. The molecule has 0 atom stereocenters. The Morgan fingerprint density at radius 3 is 2.78 bits per heavy atom. The van der Waals surface area contributed by atoms with E-state index in [0.29, 0.717) is 6.54 Å². The first-order valence-electron chi connectivity index (χ1n) is 7.51. The summed E-state index contributed by atoms with van der Waals surface area (Å²) in [6.07, 6.45) is 5.10. The first-order chi connectivity index (χ1) is 10.7. The highest BCUT2D eigenvalue weighted by atomic mass is 127. The van der Waals surface area contributed by atoms with Crippen LogP contribution in [0.5, 0.6) is 0 Å². The van der Waals surface area contributed by atoms with E-state index in [1.54, 1.807) is 24.6 Å². The highest BCUT2D eigenvalue weighted by Gasteiger charge is 2.02. The van der Waals surface area contributed by atoms with Gasteiger partial charge in [0.1, 0.15) is 0 Å². The van der Waals surface area contributed by atoms with Gasteiger partial charge in [-0.3, -0.25) is 9.67 Å². The Morgan fingerprint density at radius 2 is 2.17 bits per heavy atom. The average molecular weight is 448 g/mol. The van der Waals surface area contributed by atoms with Gasteiger partial charge in [0.25, 0.3) is 0 Å². The molecule has 0 aromatic carbocycles. The molecule has 23 heavy (non-hydrogen) atoms. The lowest BCUT2D eigenvalue weighted by Gasteiger charge is -2.11. The van der Waals surface area contributed by atoms with Crippen molar-refractivity contribution in [1.29, 1.82) is 0 Å². The van der Waals surface area contributed by atoms with Crippen molar-refractivity contribution in [2.24, 2.45) is 12.0 Å². The normalized spacial score (nSPS) is 11.2. The smallest absolute Gasteiger partial charge is 0.191 e. The van der Waals surface area contributed by atoms with Gasteiger partial charge in [0.2, 0.25) is 0 Å². The molecule has 0 aliphatic heterocycles. The molecule has 0 aliphatic rings. The molecule has 2 N–H and O–H groups in total. The quantitative estimate of drug-likeness (QED) is 0.296. The first-order valence-corrected chi connectivity index (χ1v) is 8.39. The molecule has 0 saturated carbocycles. The number of guanidine groups is 1. The molecule has 2 aromatic rings. The number of hydrogen-bond acceptors (Lipinski definition) is 4. The molecule has 8 heteroatoms. The van der Waals surface area contributed by atoms with E-state index in [9.17, 15) is 0 Å². The number of aromatic nitrogens is 3. The molecule has 0 amide bonds. The highest BCUT2D eigenvalue weighted by Crippen LogP contribution is 2.11. The van der Waals surface area contributed by atoms with Gasteiger partial charge in [-0.15, -0.1) is 35.3 Å². The minimum Gasteiger partial charge on any atom is -0.356 e. The zero-order chi connectivity index (χ0) is 15.8. The van der Waals surface area contributed by atoms with Crippen LogP contribution in [0.2, 0.25) is 0 Å². The Hall–Kier alpha value is -1.16. The first kappa shape index (κ1) is 19.9. The molecule has 0 bridgehead atoms. The van der Waals surface area contributed by atoms with E-state index in [2.05, 4.69) is 31.1 Å². The molecule has 2 rings (SSSR count). The number of aliphatic imine (C=N–C) groups is 1. The van der Waals surface area contributed by atoms with Crippen molar-refractivity contribution in [1.82, 2.24) is 25.4 Å². The predicted octanol–water partition coefficient (Wildman–Crippen LogP) is 2.49. The highest BCUT2D eigenvalue weighted by molar-refractivity contribution is 14.0. The van der Waals surface area contributed by atoms with Crippen molar-refractivity contribution in [3.05, 3.63) is 34.0 Å². The van der Waals surface area contributed by atoms with E-state index >= 15 is 0 Å². The zero-order valence-corrected chi connectivity index (χ0v) is 17.0. The van der Waals surface area contributed by atoms with Crippen molar-refractivity contribution in [2.75, 3.05) is 13.6 Å². The molecule has 0 unspecified atom stereocenters. The fourth-order valence-electron chi connectivity index (χ4n) is 2.10. The zero-order valence-electron chi connectivity index (χ0n) is 13.9. The van der Waals surface area contributed by atoms with E-state index in [4.69, 9.17) is 0 Å². The lowest BCUT2D eigenvalue weighted by atomic mass is 10.2. The SMILES string of the molecule is CN=C(NCCCCc1nc(C)cs1)NCc1ccnn1C.I. The number of halogens is 1. The number of nitrogens with one attached hydrogen (secondary N) is 2. The molecule has 0 fully saturated rings. The summed E-state index contributed by atoms with van der Waals surface area (Å²) in [7, 11) is 3.73. The maximum Gasteiger partial charge on any atom is 0.191 e. The third-order valence-corrected chi connectivity index (χ3v) is 4.39. The molecule has 2 heterocycles. The molecule has 0 saturated heterocycles. The Bertz CT molecular complexity index is 607. The van der Waals surface area contributed by atoms with Crippen LogP contribution in [0.15, 0.2) is 22.6 Å². The summed E-state index contributed by atoms with van der Waals surface area (Å²) in [6.45, 7) is 3.67. The third kappa shape index (κ3) is 6.86. The van der Waals surface area contributed by atoms with Gasteiger partial charge < -0.3 is 10.6 Å². The van der Waals surface area contributed by atoms with E-state index in [-0.39, 0.29) is 24.0 Å². The van der Waals surface area contributed by atoms with Gasteiger partial charge in [0, 0.05) is 37.9 Å². The number of unbranched alkanes of at least 4 members (excludes halogenated alkanes) is 1. The summed E-state index contributed by atoms with van der Waals surface area (Å²) in [5.41, 5.74) is 2.25. The summed E-state index contributed by atoms with van der Waals surface area (Å²) >= 11 is 1.75. The van der Waals surface area contributed by atoms with Crippen LogP contribution >= 0.6 is 35.3 Å². The van der Waals surface area contributed by atoms with Crippen LogP contribution in [-0.4, -0.2) is 34.3 Å². The molecule has 0 spiro atoms. The third-order valence-electron chi connectivity index (χ3n) is 3.36. The van der Waals surface area contributed by atoms with Gasteiger partial charge in [0.15, 0.2) is 5.96 Å². The molecular weight excluding hydrogens is 423 g/mol. The number of aryl methyl sites for hydroxylation is 3. The summed E-state index contributed by atoms with van der Waals surface area (Å²) in [6, 6.07) is 2.00. The Balaban J connectivity index is 0.00000264. The molecule has 0 aliphatic carbocycles. The molecule has 2 aromatic heterocycles. The van der Waals surface area contributed by atoms with E-state index in [0.717, 1.165) is 43.2 Å². The van der Waals surface area contributed by atoms with Crippen LogP contribution in [0.4, 0.5) is 0 Å². The van der Waals surface area contributed by atoms with Gasteiger partial charge in [-0.1, -0.05) is 0 Å². The number of hydrogen-bond donors (Lipinski definition) is 2. The molecule has 0 radical (unpaired) electrons. The van der Waals surface area contributed by atoms with Crippen molar-refractivity contribution < 1.29 is 0 Å². The summed E-state index contributed by atoms with van der Waals surface area (Å²) < 4.78 is 1.86. The van der Waals surface area contributed by atoms with Crippen LogP contribution < -0.4 is 10.6 Å². The monoisotopic (exact) mass is 448 g/mol. The average Bonchev–Trinajstić information content (AvgIpc) is 3.10. The molecule has 128 valence electrons. The second-order valence-electron chi connectivity index (χ2n) is 5.14. The molecule has 6 nitrogen and oxygen atoms in total. The van der Waals surface area contributed by atoms with E-state index in [1.165, 1.54) is 5.01 Å². The van der Waals surface area contributed by atoms with Gasteiger partial charge in [-0.25, -0.2) is 4.98 Å². The van der Waals surface area contributed by atoms with Crippen molar-refractivity contribution >= 4 is 41.3 Å². The fraction of sp³-hybridized carbons (Fsp3) is 0.533. The van der Waals surface area contributed by atoms with Crippen molar-refractivity contribution in [2.45, 2.75) is 32.7 Å². The van der Waals surface area contributed by atoms with Gasteiger partial charge >= 0.3 is 0 Å². The summed E-state index contributed by atoms with van der Waals surface area (Å²) in [5, 5.41) is 14.1. The van der Waals surface area contributed by atoms with E-state index < -0.39 is 0 Å². The topological polar surface area (TPSA) is 67.1 Å². The number of rotatable bonds is 7. The summed E-state index contributed by atoms with van der Waals surface area (Å²) in [4.78, 5) is 8.71. The number of thiazole rings is 1. The standard InChI is InChI=1S/C15H24N6S.HI/c1-12-11-22-14(20-12)6-4-5-8-17-15(16-2)18-10-13-7-9-19-21(13)3;/h7,9,11H,4-6,8,10H2,1-3H3,(H2,16,17,18);1H. The largest absolute Gasteiger partial charge is 0.356 e. The van der Waals surface area contributed by atoms with E-state index in [1.807, 2.05) is 24.7 Å². The minimum atomic E-state index is 0.